The molecular weight excluding hydrogens is 354 g/mol. The van der Waals surface area contributed by atoms with Crippen molar-refractivity contribution in [3.05, 3.63) is 84.6 Å². The Balaban J connectivity index is 1.54. The fraction of sp³-hybridized carbons (Fsp3) is 0.0455. The van der Waals surface area contributed by atoms with E-state index in [-0.39, 0.29) is 11.7 Å². The summed E-state index contributed by atoms with van der Waals surface area (Å²) in [4.78, 5) is 16.3. The van der Waals surface area contributed by atoms with E-state index in [2.05, 4.69) is 45.8 Å². The van der Waals surface area contributed by atoms with Gasteiger partial charge in [-0.15, -0.1) is 0 Å². The van der Waals surface area contributed by atoms with Crippen LogP contribution in [-0.2, 0) is 4.79 Å². The summed E-state index contributed by atoms with van der Waals surface area (Å²) in [5, 5.41) is 9.52. The number of rotatable bonds is 5. The highest BCUT2D eigenvalue weighted by atomic mass is 32.2. The summed E-state index contributed by atoms with van der Waals surface area (Å²) in [5.74, 6) is 0.108. The third-order valence-electron chi connectivity index (χ3n) is 4.18. The van der Waals surface area contributed by atoms with Gasteiger partial charge in [0.2, 0.25) is 5.91 Å². The first-order valence-electron chi connectivity index (χ1n) is 8.57. The van der Waals surface area contributed by atoms with E-state index >= 15 is 0 Å². The molecule has 0 atom stereocenters. The molecule has 1 aromatic heterocycles. The predicted octanol–water partition coefficient (Wildman–Crippen LogP) is 4.63. The molecule has 0 aliphatic rings. The van der Waals surface area contributed by atoms with Crippen molar-refractivity contribution in [2.45, 2.75) is 5.03 Å². The number of amides is 1. The van der Waals surface area contributed by atoms with Crippen molar-refractivity contribution in [1.82, 2.24) is 10.4 Å². The molecule has 5 heteroatoms. The normalized spacial score (nSPS) is 11.3. The minimum absolute atomic E-state index is 0.161. The predicted molar refractivity (Wildman–Crippen MR) is 112 cm³/mol. The first kappa shape index (κ1) is 17.2. The number of pyridine rings is 1. The van der Waals surface area contributed by atoms with Crippen molar-refractivity contribution in [2.24, 2.45) is 5.10 Å². The molecule has 0 saturated heterocycles. The zero-order chi connectivity index (χ0) is 18.5. The first-order valence-corrected chi connectivity index (χ1v) is 9.56. The van der Waals surface area contributed by atoms with E-state index in [9.17, 15) is 4.79 Å². The fourth-order valence-electron chi connectivity index (χ4n) is 2.96. The van der Waals surface area contributed by atoms with Crippen LogP contribution in [0.1, 0.15) is 5.56 Å². The summed E-state index contributed by atoms with van der Waals surface area (Å²) in [7, 11) is 0. The highest BCUT2D eigenvalue weighted by Crippen LogP contribution is 2.27. The molecular formula is C22H17N3OS. The van der Waals surface area contributed by atoms with Crippen LogP contribution in [-0.4, -0.2) is 22.9 Å². The summed E-state index contributed by atoms with van der Waals surface area (Å²) >= 11 is 1.38. The third kappa shape index (κ3) is 3.99. The van der Waals surface area contributed by atoms with Gasteiger partial charge in [0, 0.05) is 11.8 Å². The van der Waals surface area contributed by atoms with Gasteiger partial charge in [-0.25, -0.2) is 10.4 Å². The van der Waals surface area contributed by atoms with E-state index in [0.717, 1.165) is 32.1 Å². The Morgan fingerprint density at radius 3 is 2.30 bits per heavy atom. The van der Waals surface area contributed by atoms with Gasteiger partial charge in [-0.05, 0) is 39.7 Å². The van der Waals surface area contributed by atoms with Crippen LogP contribution in [0.15, 0.2) is 89.1 Å². The van der Waals surface area contributed by atoms with Gasteiger partial charge in [-0.1, -0.05) is 66.4 Å². The van der Waals surface area contributed by atoms with Crippen molar-refractivity contribution < 1.29 is 4.79 Å². The first-order chi connectivity index (χ1) is 13.3. The monoisotopic (exact) mass is 371 g/mol. The molecule has 0 aliphatic carbocycles. The van der Waals surface area contributed by atoms with Crippen LogP contribution in [0.4, 0.5) is 0 Å². The van der Waals surface area contributed by atoms with Gasteiger partial charge >= 0.3 is 0 Å². The lowest BCUT2D eigenvalue weighted by Gasteiger charge is -2.08. The molecule has 1 N–H and O–H groups in total. The number of hydrogen-bond acceptors (Lipinski definition) is 4. The molecule has 1 amide bonds. The quantitative estimate of drug-likeness (QED) is 0.241. The maximum atomic E-state index is 12.1. The number of aromatic nitrogens is 1. The van der Waals surface area contributed by atoms with E-state index < -0.39 is 0 Å². The Kier molecular flexibility index (Phi) is 5.12. The van der Waals surface area contributed by atoms with Gasteiger partial charge in [0.1, 0.15) is 0 Å². The number of carbonyl (C=O) groups excluding carboxylic acids is 1. The molecule has 0 bridgehead atoms. The summed E-state index contributed by atoms with van der Waals surface area (Å²) in [5.41, 5.74) is 3.61. The highest BCUT2D eigenvalue weighted by molar-refractivity contribution is 7.99. The zero-order valence-electron chi connectivity index (χ0n) is 14.5. The topological polar surface area (TPSA) is 54.4 Å². The van der Waals surface area contributed by atoms with Crippen molar-refractivity contribution in [3.63, 3.8) is 0 Å². The number of fused-ring (bicyclic) bond motifs is 2. The molecule has 0 fully saturated rings. The van der Waals surface area contributed by atoms with Crippen molar-refractivity contribution >= 4 is 45.4 Å². The smallest absolute Gasteiger partial charge is 0.250 e. The molecule has 1 heterocycles. The lowest BCUT2D eigenvalue weighted by Crippen LogP contribution is -2.19. The molecule has 3 aromatic carbocycles. The number of hydrogen-bond donors (Lipinski definition) is 1. The van der Waals surface area contributed by atoms with E-state index in [1.807, 2.05) is 42.5 Å². The largest absolute Gasteiger partial charge is 0.272 e. The van der Waals surface area contributed by atoms with Crippen LogP contribution in [0.25, 0.3) is 21.5 Å². The second-order valence-electron chi connectivity index (χ2n) is 5.98. The van der Waals surface area contributed by atoms with Crippen LogP contribution in [0.3, 0.4) is 0 Å². The van der Waals surface area contributed by atoms with Crippen LogP contribution < -0.4 is 5.43 Å². The van der Waals surface area contributed by atoms with Crippen LogP contribution >= 0.6 is 11.8 Å². The van der Waals surface area contributed by atoms with Crippen molar-refractivity contribution in [1.29, 1.82) is 0 Å². The summed E-state index contributed by atoms with van der Waals surface area (Å²) in [6.07, 6.45) is 3.44. The van der Waals surface area contributed by atoms with Gasteiger partial charge in [-0.3, -0.25) is 4.79 Å². The highest BCUT2D eigenvalue weighted by Gasteiger charge is 2.06. The van der Waals surface area contributed by atoms with Gasteiger partial charge in [0.15, 0.2) is 0 Å². The van der Waals surface area contributed by atoms with E-state index in [1.54, 1.807) is 12.4 Å². The van der Waals surface area contributed by atoms with Crippen molar-refractivity contribution in [2.75, 3.05) is 5.75 Å². The average molecular weight is 371 g/mol. The molecule has 0 radical (unpaired) electrons. The van der Waals surface area contributed by atoms with Gasteiger partial charge < -0.3 is 0 Å². The second kappa shape index (κ2) is 8.01. The summed E-state index contributed by atoms with van der Waals surface area (Å²) in [6.45, 7) is 0. The molecule has 4 aromatic rings. The Morgan fingerprint density at radius 2 is 1.63 bits per heavy atom. The fourth-order valence-corrected chi connectivity index (χ4v) is 3.61. The Morgan fingerprint density at radius 1 is 0.963 bits per heavy atom. The lowest BCUT2D eigenvalue weighted by molar-refractivity contribution is -0.118. The molecule has 4 rings (SSSR count). The molecule has 0 aliphatic heterocycles. The van der Waals surface area contributed by atoms with Gasteiger partial charge in [-0.2, -0.15) is 5.10 Å². The van der Waals surface area contributed by atoms with Crippen LogP contribution in [0, 0.1) is 0 Å². The molecule has 0 spiro atoms. The maximum absolute atomic E-state index is 12.1. The number of carbonyl (C=O) groups is 1. The van der Waals surface area contributed by atoms with Crippen LogP contribution in [0.5, 0.6) is 0 Å². The number of nitrogens with zero attached hydrogens (tertiary/aromatic N) is 2. The molecule has 132 valence electrons. The SMILES string of the molecule is O=C(CSc1ccccn1)N/N=C\c1c2ccccc2cc2ccccc12. The Hall–Kier alpha value is -3.18. The zero-order valence-corrected chi connectivity index (χ0v) is 15.3. The lowest BCUT2D eigenvalue weighted by atomic mass is 9.97. The minimum atomic E-state index is -0.161. The van der Waals surface area contributed by atoms with Gasteiger partial charge in [0.25, 0.3) is 0 Å². The summed E-state index contributed by atoms with van der Waals surface area (Å²) in [6, 6.07) is 24.2. The average Bonchev–Trinajstić information content (AvgIpc) is 2.72. The summed E-state index contributed by atoms with van der Waals surface area (Å²) < 4.78 is 0. The van der Waals surface area contributed by atoms with Crippen LogP contribution in [0.2, 0.25) is 0 Å². The second-order valence-corrected chi connectivity index (χ2v) is 6.98. The Labute approximate surface area is 161 Å². The minimum Gasteiger partial charge on any atom is -0.272 e. The molecule has 0 unspecified atom stereocenters. The Bertz CT molecular complexity index is 1070. The van der Waals surface area contributed by atoms with E-state index in [4.69, 9.17) is 0 Å². The van der Waals surface area contributed by atoms with E-state index in [1.165, 1.54) is 11.8 Å². The van der Waals surface area contributed by atoms with Gasteiger partial charge in [0.05, 0.1) is 17.0 Å². The molecule has 27 heavy (non-hydrogen) atoms. The standard InChI is InChI=1S/C22H17N3OS/c26-21(15-27-22-11-5-6-12-23-22)25-24-14-20-18-9-3-1-7-16(18)13-17-8-2-4-10-19(17)20/h1-14H,15H2,(H,25,26)/b24-14-. The third-order valence-corrected chi connectivity index (χ3v) is 5.13. The number of hydrazone groups is 1. The van der Waals surface area contributed by atoms with E-state index in [0.29, 0.717) is 0 Å². The number of thioether (sulfide) groups is 1. The number of benzene rings is 3. The maximum Gasteiger partial charge on any atom is 0.250 e. The molecule has 4 nitrogen and oxygen atoms in total. The number of nitrogens with one attached hydrogen (secondary N) is 1. The molecule has 0 saturated carbocycles. The van der Waals surface area contributed by atoms with Crippen molar-refractivity contribution in [3.8, 4) is 0 Å².